The number of fused-ring (bicyclic) bond motifs is 10. The molecule has 0 aliphatic heterocycles. The van der Waals surface area contributed by atoms with E-state index in [1.807, 2.05) is 17.4 Å². The van der Waals surface area contributed by atoms with Crippen molar-refractivity contribution in [2.75, 3.05) is 4.90 Å². The molecular weight excluding hydrogens is 723 g/mol. The topological polar surface area (TPSA) is 16.4 Å². The largest absolute Gasteiger partial charge is 0.455 e. The van der Waals surface area contributed by atoms with Crippen LogP contribution in [0.15, 0.2) is 217 Å². The van der Waals surface area contributed by atoms with Crippen LogP contribution in [0.5, 0.6) is 0 Å². The highest BCUT2D eigenvalue weighted by Crippen LogP contribution is 2.57. The minimum Gasteiger partial charge on any atom is -0.455 e. The fraction of sp³-hybridized carbons (Fsp3) is 0.0182. The summed E-state index contributed by atoms with van der Waals surface area (Å²) in [6.45, 7) is 0. The average molecular weight is 758 g/mol. The Labute approximate surface area is 340 Å². The number of hydrogen-bond acceptors (Lipinski definition) is 3. The van der Waals surface area contributed by atoms with E-state index in [9.17, 15) is 0 Å². The van der Waals surface area contributed by atoms with Crippen molar-refractivity contribution in [3.05, 3.63) is 235 Å². The second-order valence-electron chi connectivity index (χ2n) is 15.2. The maximum Gasteiger partial charge on any atom is 0.144 e. The van der Waals surface area contributed by atoms with Crippen molar-refractivity contribution in [1.82, 2.24) is 0 Å². The predicted octanol–water partition coefficient (Wildman–Crippen LogP) is 15.5. The number of thiophene rings is 1. The SMILES string of the molecule is c1ccc(N(c2ccc(-c3cccc4sc5ccc6c7ccccc7oc6c5c34)cc2)c2ccc3c(c2)C(c2ccccc2)(c2ccccc2)c2ccccc2-3)cc1. The molecule has 0 saturated heterocycles. The summed E-state index contributed by atoms with van der Waals surface area (Å²) in [6.07, 6.45) is 0. The van der Waals surface area contributed by atoms with E-state index in [2.05, 4.69) is 211 Å². The Balaban J connectivity index is 1.04. The van der Waals surface area contributed by atoms with Gasteiger partial charge in [-0.15, -0.1) is 11.3 Å². The van der Waals surface area contributed by atoms with Gasteiger partial charge in [0.2, 0.25) is 0 Å². The molecule has 9 aromatic carbocycles. The zero-order valence-corrected chi connectivity index (χ0v) is 32.3. The van der Waals surface area contributed by atoms with Gasteiger partial charge in [0, 0.05) is 48.0 Å². The highest BCUT2D eigenvalue weighted by molar-refractivity contribution is 7.26. The third kappa shape index (κ3) is 4.78. The normalized spacial score (nSPS) is 13.0. The fourth-order valence-corrected chi connectivity index (χ4v) is 10.8. The second kappa shape index (κ2) is 12.9. The van der Waals surface area contributed by atoms with Gasteiger partial charge >= 0.3 is 0 Å². The monoisotopic (exact) mass is 757 g/mol. The number of rotatable bonds is 6. The van der Waals surface area contributed by atoms with Crippen molar-refractivity contribution in [2.45, 2.75) is 5.41 Å². The molecule has 272 valence electrons. The second-order valence-corrected chi connectivity index (χ2v) is 16.3. The van der Waals surface area contributed by atoms with Crippen LogP contribution in [0.1, 0.15) is 22.3 Å². The van der Waals surface area contributed by atoms with Crippen LogP contribution >= 0.6 is 11.3 Å². The Morgan fingerprint density at radius 1 is 0.397 bits per heavy atom. The number of furan rings is 1. The maximum atomic E-state index is 6.59. The standard InChI is InChI=1S/C55H35NOS/c1-4-15-37(16-5-1)55(38-17-6-2-7-18-38)47-24-12-10-21-43(47)44-32-31-41(35-48(44)55)56(39-19-8-3-9-20-39)40-29-27-36(28-30-40)42-23-14-26-50-52(42)53-51(58-50)34-33-46-45-22-11-13-25-49(45)57-54(46)53/h1-35H. The first-order valence-electron chi connectivity index (χ1n) is 19.8. The van der Waals surface area contributed by atoms with Gasteiger partial charge in [-0.1, -0.05) is 152 Å². The van der Waals surface area contributed by atoms with Crippen molar-refractivity contribution in [3.63, 3.8) is 0 Å². The van der Waals surface area contributed by atoms with Crippen LogP contribution in [0.25, 0.3) is 64.4 Å². The van der Waals surface area contributed by atoms with E-state index >= 15 is 0 Å². The molecule has 3 heteroatoms. The summed E-state index contributed by atoms with van der Waals surface area (Å²) in [4.78, 5) is 2.40. The van der Waals surface area contributed by atoms with Gasteiger partial charge in [0.25, 0.3) is 0 Å². The zero-order chi connectivity index (χ0) is 38.2. The smallest absolute Gasteiger partial charge is 0.144 e. The Hall–Kier alpha value is -7.20. The third-order valence-corrected chi connectivity index (χ3v) is 13.3. The number of anilines is 3. The maximum absolute atomic E-state index is 6.59. The first-order valence-corrected chi connectivity index (χ1v) is 20.7. The molecule has 11 aromatic rings. The molecule has 0 radical (unpaired) electrons. The van der Waals surface area contributed by atoms with Gasteiger partial charge in [-0.25, -0.2) is 0 Å². The first-order chi connectivity index (χ1) is 28.8. The minimum atomic E-state index is -0.482. The van der Waals surface area contributed by atoms with Gasteiger partial charge in [-0.2, -0.15) is 0 Å². The Morgan fingerprint density at radius 2 is 1.00 bits per heavy atom. The van der Waals surface area contributed by atoms with Crippen LogP contribution in [0.3, 0.4) is 0 Å². The summed E-state index contributed by atoms with van der Waals surface area (Å²) in [5.41, 5.74) is 14.8. The summed E-state index contributed by atoms with van der Waals surface area (Å²) in [7, 11) is 0. The Bertz CT molecular complexity index is 3290. The number of benzene rings is 9. The summed E-state index contributed by atoms with van der Waals surface area (Å²) < 4.78 is 9.09. The first kappa shape index (κ1) is 33.0. The summed E-state index contributed by atoms with van der Waals surface area (Å²) in [5.74, 6) is 0. The molecule has 0 bridgehead atoms. The van der Waals surface area contributed by atoms with Crippen LogP contribution in [-0.4, -0.2) is 0 Å². The van der Waals surface area contributed by atoms with E-state index < -0.39 is 5.41 Å². The molecule has 0 N–H and O–H groups in total. The molecule has 2 nitrogen and oxygen atoms in total. The summed E-state index contributed by atoms with van der Waals surface area (Å²) in [5, 5.41) is 4.75. The highest BCUT2D eigenvalue weighted by atomic mass is 32.1. The molecule has 1 aliphatic carbocycles. The molecule has 0 saturated carbocycles. The molecule has 0 atom stereocenters. The molecule has 2 heterocycles. The average Bonchev–Trinajstić information content (AvgIpc) is 3.96. The molecular formula is C55H35NOS. The summed E-state index contributed by atoms with van der Waals surface area (Å²) >= 11 is 1.83. The van der Waals surface area contributed by atoms with E-state index in [-0.39, 0.29) is 0 Å². The molecule has 12 rings (SSSR count). The lowest BCUT2D eigenvalue weighted by Gasteiger charge is -2.35. The summed E-state index contributed by atoms with van der Waals surface area (Å²) in [6, 6.07) is 77.4. The number of nitrogens with zero attached hydrogens (tertiary/aromatic N) is 1. The lowest BCUT2D eigenvalue weighted by Crippen LogP contribution is -2.28. The van der Waals surface area contributed by atoms with Crippen molar-refractivity contribution < 1.29 is 4.42 Å². The van der Waals surface area contributed by atoms with E-state index in [0.717, 1.165) is 39.0 Å². The van der Waals surface area contributed by atoms with E-state index in [0.29, 0.717) is 0 Å². The van der Waals surface area contributed by atoms with Gasteiger partial charge in [0.1, 0.15) is 11.2 Å². The highest BCUT2D eigenvalue weighted by Gasteiger charge is 2.46. The van der Waals surface area contributed by atoms with Crippen molar-refractivity contribution in [3.8, 4) is 22.3 Å². The lowest BCUT2D eigenvalue weighted by atomic mass is 9.67. The zero-order valence-electron chi connectivity index (χ0n) is 31.5. The van der Waals surface area contributed by atoms with Gasteiger partial charge < -0.3 is 9.32 Å². The van der Waals surface area contributed by atoms with Gasteiger partial charge in [-0.05, 0) is 105 Å². The Kier molecular flexibility index (Phi) is 7.35. The molecule has 0 spiro atoms. The molecule has 0 fully saturated rings. The van der Waals surface area contributed by atoms with Gasteiger partial charge in [-0.3, -0.25) is 0 Å². The van der Waals surface area contributed by atoms with Gasteiger partial charge in [0.15, 0.2) is 0 Å². The lowest BCUT2D eigenvalue weighted by molar-refractivity contribution is 0.673. The molecule has 58 heavy (non-hydrogen) atoms. The minimum absolute atomic E-state index is 0.482. The predicted molar refractivity (Wildman–Crippen MR) is 244 cm³/mol. The van der Waals surface area contributed by atoms with Crippen LogP contribution in [0.2, 0.25) is 0 Å². The molecule has 1 aliphatic rings. The van der Waals surface area contributed by atoms with Crippen molar-refractivity contribution in [2.24, 2.45) is 0 Å². The van der Waals surface area contributed by atoms with Crippen molar-refractivity contribution in [1.29, 1.82) is 0 Å². The van der Waals surface area contributed by atoms with Crippen LogP contribution in [-0.2, 0) is 5.41 Å². The van der Waals surface area contributed by atoms with E-state index in [1.54, 1.807) is 0 Å². The molecule has 0 unspecified atom stereocenters. The van der Waals surface area contributed by atoms with Crippen LogP contribution in [0.4, 0.5) is 17.1 Å². The number of hydrogen-bond donors (Lipinski definition) is 0. The number of para-hydroxylation sites is 2. The van der Waals surface area contributed by atoms with E-state index in [1.165, 1.54) is 64.7 Å². The third-order valence-electron chi connectivity index (χ3n) is 12.2. The van der Waals surface area contributed by atoms with Gasteiger partial charge in [0.05, 0.1) is 5.41 Å². The quantitative estimate of drug-likeness (QED) is 0.168. The van der Waals surface area contributed by atoms with Crippen LogP contribution in [0, 0.1) is 0 Å². The van der Waals surface area contributed by atoms with Crippen molar-refractivity contribution >= 4 is 70.5 Å². The molecule has 0 amide bonds. The van der Waals surface area contributed by atoms with E-state index in [4.69, 9.17) is 4.42 Å². The van der Waals surface area contributed by atoms with Crippen LogP contribution < -0.4 is 4.90 Å². The fourth-order valence-electron chi connectivity index (χ4n) is 9.71. The Morgan fingerprint density at radius 3 is 1.78 bits per heavy atom. The molecule has 2 aromatic heterocycles.